The van der Waals surface area contributed by atoms with Gasteiger partial charge in [0.2, 0.25) is 5.16 Å². The van der Waals surface area contributed by atoms with Gasteiger partial charge in [-0.3, -0.25) is 5.10 Å². The molecule has 5 rings (SSSR count). The van der Waals surface area contributed by atoms with E-state index in [-0.39, 0.29) is 12.1 Å². The van der Waals surface area contributed by atoms with Crippen molar-refractivity contribution in [2.45, 2.75) is 35.9 Å². The van der Waals surface area contributed by atoms with Crippen molar-refractivity contribution in [2.75, 3.05) is 30.9 Å². The molecule has 0 spiro atoms. The van der Waals surface area contributed by atoms with E-state index in [9.17, 15) is 4.79 Å². The molecule has 1 fully saturated rings. The van der Waals surface area contributed by atoms with E-state index in [1.165, 1.54) is 11.8 Å². The molecule has 0 radical (unpaired) electrons. The molecule has 4 heterocycles. The average Bonchev–Trinajstić information content (AvgIpc) is 3.57. The second-order valence-electron chi connectivity index (χ2n) is 8.14. The predicted molar refractivity (Wildman–Crippen MR) is 131 cm³/mol. The first-order chi connectivity index (χ1) is 16.6. The van der Waals surface area contributed by atoms with Gasteiger partial charge in [0.25, 0.3) is 0 Å². The molecule has 11 heteroatoms. The number of carbonyl (C=O) groups is 1. The van der Waals surface area contributed by atoms with Crippen molar-refractivity contribution >= 4 is 40.6 Å². The molecular weight excluding hydrogens is 452 g/mol. The molecule has 1 atom stereocenters. The molecule has 0 aliphatic carbocycles. The van der Waals surface area contributed by atoms with Gasteiger partial charge in [-0.25, -0.2) is 14.3 Å². The third-order valence-corrected chi connectivity index (χ3v) is 6.50. The van der Waals surface area contributed by atoms with Crippen LogP contribution in [0.15, 0.2) is 58.7 Å². The number of H-pyrrole nitrogens is 1. The van der Waals surface area contributed by atoms with Crippen LogP contribution in [0.25, 0.3) is 5.52 Å². The number of aryl methyl sites for hydroxylation is 1. The zero-order valence-corrected chi connectivity index (χ0v) is 19.8. The zero-order valence-electron chi connectivity index (χ0n) is 19.0. The number of nitrogens with zero attached hydrogens (tertiary/aromatic N) is 5. The number of likely N-dealkylation sites (tertiary alicyclic amines) is 1. The molecule has 1 aliphatic rings. The number of methoxy groups -OCH3 is 1. The van der Waals surface area contributed by atoms with Gasteiger partial charge in [-0.15, -0.1) is 5.10 Å². The molecule has 1 saturated heterocycles. The van der Waals surface area contributed by atoms with Gasteiger partial charge >= 0.3 is 6.03 Å². The molecule has 176 valence electrons. The van der Waals surface area contributed by atoms with E-state index in [2.05, 4.69) is 25.9 Å². The van der Waals surface area contributed by atoms with Crippen molar-refractivity contribution in [1.29, 1.82) is 0 Å². The van der Waals surface area contributed by atoms with Crippen LogP contribution in [0.1, 0.15) is 18.5 Å². The van der Waals surface area contributed by atoms with E-state index < -0.39 is 0 Å². The SMILES string of the molecule is COC[C@H]1CCCN1C(=O)Nc1ccc(Sc2nc(Nc3cc(C)[nH]n3)c3cccn3n2)cc1. The Morgan fingerprint density at radius 2 is 2.15 bits per heavy atom. The fourth-order valence-electron chi connectivity index (χ4n) is 4.03. The Hall–Kier alpha value is -3.57. The number of urea groups is 1. The van der Waals surface area contributed by atoms with Gasteiger partial charge in [0, 0.05) is 42.2 Å². The molecule has 34 heavy (non-hydrogen) atoms. The highest BCUT2D eigenvalue weighted by molar-refractivity contribution is 7.99. The number of hydrogen-bond donors (Lipinski definition) is 3. The minimum atomic E-state index is -0.0920. The minimum absolute atomic E-state index is 0.0920. The maximum atomic E-state index is 12.7. The number of nitrogens with one attached hydrogen (secondary N) is 3. The van der Waals surface area contributed by atoms with E-state index in [1.54, 1.807) is 11.6 Å². The average molecular weight is 479 g/mol. The number of carbonyl (C=O) groups excluding carboxylic acids is 1. The van der Waals surface area contributed by atoms with Crippen LogP contribution in [0.3, 0.4) is 0 Å². The summed E-state index contributed by atoms with van der Waals surface area (Å²) in [6.45, 7) is 3.26. The molecule has 2 amide bonds. The summed E-state index contributed by atoms with van der Waals surface area (Å²) in [4.78, 5) is 20.2. The van der Waals surface area contributed by atoms with Gasteiger partial charge in [-0.1, -0.05) is 0 Å². The molecule has 0 unspecified atom stereocenters. The molecule has 3 N–H and O–H groups in total. The van der Waals surface area contributed by atoms with Crippen LogP contribution in [0, 0.1) is 6.92 Å². The van der Waals surface area contributed by atoms with Gasteiger partial charge < -0.3 is 20.3 Å². The number of anilines is 3. The second kappa shape index (κ2) is 9.74. The maximum absolute atomic E-state index is 12.7. The summed E-state index contributed by atoms with van der Waals surface area (Å²) in [5.41, 5.74) is 2.57. The first-order valence-electron chi connectivity index (χ1n) is 11.1. The van der Waals surface area contributed by atoms with E-state index in [0.29, 0.717) is 23.4 Å². The quantitative estimate of drug-likeness (QED) is 0.363. The number of rotatable bonds is 7. The highest BCUT2D eigenvalue weighted by Crippen LogP contribution is 2.29. The topological polar surface area (TPSA) is 112 Å². The number of aromatic amines is 1. The van der Waals surface area contributed by atoms with Gasteiger partial charge in [0.05, 0.1) is 12.6 Å². The van der Waals surface area contributed by atoms with E-state index in [1.807, 2.05) is 60.5 Å². The summed E-state index contributed by atoms with van der Waals surface area (Å²) in [5, 5.41) is 18.6. The van der Waals surface area contributed by atoms with Gasteiger partial charge in [0.15, 0.2) is 11.6 Å². The van der Waals surface area contributed by atoms with Crippen LogP contribution in [0.5, 0.6) is 0 Å². The summed E-state index contributed by atoms with van der Waals surface area (Å²) in [6, 6.07) is 13.5. The van der Waals surface area contributed by atoms with Crippen molar-refractivity contribution < 1.29 is 9.53 Å². The Labute approximate surface area is 201 Å². The monoisotopic (exact) mass is 478 g/mol. The highest BCUT2D eigenvalue weighted by Gasteiger charge is 2.28. The van der Waals surface area contributed by atoms with E-state index >= 15 is 0 Å². The number of ether oxygens (including phenoxy) is 1. The molecule has 3 aromatic heterocycles. The Kier molecular flexibility index (Phi) is 6.37. The number of hydrogen-bond acceptors (Lipinski definition) is 7. The molecule has 10 nitrogen and oxygen atoms in total. The summed E-state index contributed by atoms with van der Waals surface area (Å²) < 4.78 is 7.04. The summed E-state index contributed by atoms with van der Waals surface area (Å²) in [5.74, 6) is 1.37. The van der Waals surface area contributed by atoms with Crippen LogP contribution in [-0.4, -0.2) is 62.0 Å². The first-order valence-corrected chi connectivity index (χ1v) is 11.9. The summed E-state index contributed by atoms with van der Waals surface area (Å²) in [6.07, 6.45) is 3.86. The maximum Gasteiger partial charge on any atom is 0.322 e. The van der Waals surface area contributed by atoms with Crippen molar-refractivity contribution in [1.82, 2.24) is 29.7 Å². The molecule has 1 aliphatic heterocycles. The summed E-state index contributed by atoms with van der Waals surface area (Å²) in [7, 11) is 1.67. The molecular formula is C23H26N8O2S. The Bertz CT molecular complexity index is 1290. The van der Waals surface area contributed by atoms with Crippen LogP contribution in [0.4, 0.5) is 22.1 Å². The lowest BCUT2D eigenvalue weighted by molar-refractivity contribution is 0.128. The third-order valence-electron chi connectivity index (χ3n) is 5.64. The largest absolute Gasteiger partial charge is 0.383 e. The van der Waals surface area contributed by atoms with Crippen molar-refractivity contribution in [3.63, 3.8) is 0 Å². The fraction of sp³-hybridized carbons (Fsp3) is 0.304. The molecule has 0 bridgehead atoms. The van der Waals surface area contributed by atoms with Crippen LogP contribution in [-0.2, 0) is 4.74 Å². The first kappa shape index (κ1) is 22.2. The van der Waals surface area contributed by atoms with E-state index in [4.69, 9.17) is 9.72 Å². The van der Waals surface area contributed by atoms with Crippen molar-refractivity contribution in [2.24, 2.45) is 0 Å². The highest BCUT2D eigenvalue weighted by atomic mass is 32.2. The van der Waals surface area contributed by atoms with Crippen molar-refractivity contribution in [3.8, 4) is 0 Å². The number of benzene rings is 1. The van der Waals surface area contributed by atoms with Crippen LogP contribution >= 0.6 is 11.8 Å². The number of fused-ring (bicyclic) bond motifs is 1. The third kappa shape index (κ3) is 4.85. The normalized spacial score (nSPS) is 15.7. The predicted octanol–water partition coefficient (Wildman–Crippen LogP) is 4.30. The van der Waals surface area contributed by atoms with Crippen LogP contribution < -0.4 is 10.6 Å². The number of amides is 2. The second-order valence-corrected chi connectivity index (χ2v) is 9.18. The standard InChI is InChI=1S/C23H26N8O2S/c1-15-13-20(28-27-15)25-21-19-6-4-12-31(19)29-22(26-21)34-18-9-7-16(8-10-18)24-23(32)30-11-3-5-17(30)14-33-2/h4,6-10,12-13,17H,3,5,11,14H2,1-2H3,(H,24,32)(H2,25,26,27,28,29)/t17-/m1/s1. The van der Waals surface area contributed by atoms with Crippen LogP contribution in [0.2, 0.25) is 0 Å². The lowest BCUT2D eigenvalue weighted by Crippen LogP contribution is -2.40. The lowest BCUT2D eigenvalue weighted by Gasteiger charge is -2.24. The van der Waals surface area contributed by atoms with Gasteiger partial charge in [-0.2, -0.15) is 5.10 Å². The smallest absolute Gasteiger partial charge is 0.322 e. The van der Waals surface area contributed by atoms with Gasteiger partial charge in [-0.05, 0) is 67.9 Å². The summed E-state index contributed by atoms with van der Waals surface area (Å²) >= 11 is 1.44. The molecule has 0 saturated carbocycles. The fourth-order valence-corrected chi connectivity index (χ4v) is 4.78. The van der Waals surface area contributed by atoms with Gasteiger partial charge in [0.1, 0.15) is 5.52 Å². The Morgan fingerprint density at radius 3 is 2.91 bits per heavy atom. The lowest BCUT2D eigenvalue weighted by atomic mass is 10.2. The Balaban J connectivity index is 1.28. The van der Waals surface area contributed by atoms with E-state index in [0.717, 1.165) is 41.2 Å². The molecule has 4 aromatic rings. The zero-order chi connectivity index (χ0) is 23.5. The van der Waals surface area contributed by atoms with Crippen molar-refractivity contribution in [3.05, 3.63) is 54.4 Å². The minimum Gasteiger partial charge on any atom is -0.383 e. The number of aromatic nitrogens is 5. The molecule has 1 aromatic carbocycles. The Morgan fingerprint density at radius 1 is 1.29 bits per heavy atom.